The Morgan fingerprint density at radius 2 is 1.63 bits per heavy atom. The SMILES string of the molecule is CS(=O)(=O)c1ccc(N2CCN(Cc3ccc(Br)s3)CC2)c(S(C)(=O)=O)c1. The van der Waals surface area contributed by atoms with E-state index in [4.69, 9.17) is 0 Å². The van der Waals surface area contributed by atoms with Crippen molar-refractivity contribution in [3.8, 4) is 0 Å². The zero-order chi connectivity index (χ0) is 19.8. The second-order valence-corrected chi connectivity index (χ2v) is 13.2. The van der Waals surface area contributed by atoms with Gasteiger partial charge in [0.15, 0.2) is 19.7 Å². The smallest absolute Gasteiger partial charge is 0.177 e. The fraction of sp³-hybridized carbons (Fsp3) is 0.412. The predicted molar refractivity (Wildman–Crippen MR) is 112 cm³/mol. The summed E-state index contributed by atoms with van der Waals surface area (Å²) in [5, 5.41) is 0. The quantitative estimate of drug-likeness (QED) is 0.638. The Bertz CT molecular complexity index is 1040. The molecule has 1 aliphatic heterocycles. The van der Waals surface area contributed by atoms with E-state index in [-0.39, 0.29) is 9.79 Å². The van der Waals surface area contributed by atoms with Crippen LogP contribution in [0.3, 0.4) is 0 Å². The van der Waals surface area contributed by atoms with Crippen LogP contribution in [0.1, 0.15) is 4.88 Å². The number of halogens is 1. The minimum atomic E-state index is -3.55. The van der Waals surface area contributed by atoms with Crippen LogP contribution in [0.2, 0.25) is 0 Å². The molecule has 0 aliphatic carbocycles. The van der Waals surface area contributed by atoms with Gasteiger partial charge < -0.3 is 4.90 Å². The molecule has 0 saturated carbocycles. The summed E-state index contributed by atoms with van der Waals surface area (Å²) >= 11 is 5.19. The van der Waals surface area contributed by atoms with Gasteiger partial charge in [-0.3, -0.25) is 4.90 Å². The molecule has 0 unspecified atom stereocenters. The molecule has 1 aliphatic rings. The number of hydrogen-bond acceptors (Lipinski definition) is 7. The Hall–Kier alpha value is -0.940. The summed E-state index contributed by atoms with van der Waals surface area (Å²) in [7, 11) is -7.02. The summed E-state index contributed by atoms with van der Waals surface area (Å²) in [4.78, 5) is 5.72. The van der Waals surface area contributed by atoms with E-state index < -0.39 is 19.7 Å². The van der Waals surface area contributed by atoms with Gasteiger partial charge in [0.2, 0.25) is 0 Å². The minimum Gasteiger partial charge on any atom is -0.368 e. The van der Waals surface area contributed by atoms with E-state index in [1.165, 1.54) is 17.0 Å². The molecule has 1 fully saturated rings. The minimum absolute atomic E-state index is 0.0218. The molecular weight excluding hydrogens is 472 g/mol. The van der Waals surface area contributed by atoms with Gasteiger partial charge in [0.05, 0.1) is 19.3 Å². The van der Waals surface area contributed by atoms with Crippen molar-refractivity contribution in [1.82, 2.24) is 4.90 Å². The highest BCUT2D eigenvalue weighted by molar-refractivity contribution is 9.11. The summed E-state index contributed by atoms with van der Waals surface area (Å²) in [5.74, 6) is 0. The first-order valence-corrected chi connectivity index (χ1v) is 13.7. The number of anilines is 1. The van der Waals surface area contributed by atoms with Gasteiger partial charge in [-0.05, 0) is 46.3 Å². The molecule has 0 bridgehead atoms. The number of hydrogen-bond donors (Lipinski definition) is 0. The van der Waals surface area contributed by atoms with E-state index in [9.17, 15) is 16.8 Å². The molecule has 1 aromatic heterocycles. The van der Waals surface area contributed by atoms with Crippen LogP contribution in [0.4, 0.5) is 5.69 Å². The molecule has 1 aromatic carbocycles. The Morgan fingerprint density at radius 3 is 2.15 bits per heavy atom. The monoisotopic (exact) mass is 492 g/mol. The van der Waals surface area contributed by atoms with Crippen molar-refractivity contribution in [2.75, 3.05) is 43.6 Å². The maximum Gasteiger partial charge on any atom is 0.177 e. The number of rotatable bonds is 5. The molecule has 27 heavy (non-hydrogen) atoms. The molecule has 148 valence electrons. The summed E-state index contributed by atoms with van der Waals surface area (Å²) in [6, 6.07) is 8.51. The van der Waals surface area contributed by atoms with Crippen LogP contribution in [0.5, 0.6) is 0 Å². The molecule has 0 amide bonds. The summed E-state index contributed by atoms with van der Waals surface area (Å²) in [6.45, 7) is 3.87. The molecule has 0 atom stereocenters. The molecule has 0 radical (unpaired) electrons. The summed E-state index contributed by atoms with van der Waals surface area (Å²) in [6.07, 6.45) is 2.19. The van der Waals surface area contributed by atoms with Crippen molar-refractivity contribution in [2.24, 2.45) is 0 Å². The Kier molecular flexibility index (Phi) is 6.02. The lowest BCUT2D eigenvalue weighted by Crippen LogP contribution is -2.46. The van der Waals surface area contributed by atoms with E-state index in [0.29, 0.717) is 18.8 Å². The molecule has 0 N–H and O–H groups in total. The van der Waals surface area contributed by atoms with Crippen molar-refractivity contribution in [3.63, 3.8) is 0 Å². The second kappa shape index (κ2) is 7.82. The highest BCUT2D eigenvalue weighted by Gasteiger charge is 2.24. The Labute approximate surface area is 172 Å². The summed E-state index contributed by atoms with van der Waals surface area (Å²) in [5.41, 5.74) is 0.573. The number of thiophene rings is 1. The van der Waals surface area contributed by atoms with Crippen LogP contribution in [0.25, 0.3) is 0 Å². The zero-order valence-corrected chi connectivity index (χ0v) is 19.1. The van der Waals surface area contributed by atoms with Gasteiger partial charge in [0, 0.05) is 50.1 Å². The van der Waals surface area contributed by atoms with Gasteiger partial charge in [-0.25, -0.2) is 16.8 Å². The number of nitrogens with zero attached hydrogens (tertiary/aromatic N) is 2. The zero-order valence-electron chi connectivity index (χ0n) is 15.1. The van der Waals surface area contributed by atoms with Crippen LogP contribution in [-0.4, -0.2) is 60.4 Å². The van der Waals surface area contributed by atoms with E-state index in [1.54, 1.807) is 17.4 Å². The maximum absolute atomic E-state index is 12.2. The van der Waals surface area contributed by atoms with Gasteiger partial charge >= 0.3 is 0 Å². The van der Waals surface area contributed by atoms with Gasteiger partial charge in [-0.15, -0.1) is 11.3 Å². The first kappa shape index (κ1) is 20.8. The van der Waals surface area contributed by atoms with E-state index in [1.807, 2.05) is 11.0 Å². The number of benzene rings is 1. The molecule has 1 saturated heterocycles. The summed E-state index contributed by atoms with van der Waals surface area (Å²) < 4.78 is 49.2. The number of piperazine rings is 1. The largest absolute Gasteiger partial charge is 0.368 e. The predicted octanol–water partition coefficient (Wildman–Crippen LogP) is 2.64. The molecule has 10 heteroatoms. The maximum atomic E-state index is 12.2. The molecule has 2 heterocycles. The average Bonchev–Trinajstić information content (AvgIpc) is 2.98. The van der Waals surface area contributed by atoms with Gasteiger partial charge in [-0.1, -0.05) is 0 Å². The lowest BCUT2D eigenvalue weighted by molar-refractivity contribution is 0.251. The fourth-order valence-electron chi connectivity index (χ4n) is 3.09. The van der Waals surface area contributed by atoms with Crippen LogP contribution >= 0.6 is 27.3 Å². The van der Waals surface area contributed by atoms with Gasteiger partial charge in [0.25, 0.3) is 0 Å². The third-order valence-corrected chi connectivity index (χ3v) is 8.32. The highest BCUT2D eigenvalue weighted by Crippen LogP contribution is 2.30. The van der Waals surface area contributed by atoms with Crippen molar-refractivity contribution in [3.05, 3.63) is 39.0 Å². The lowest BCUT2D eigenvalue weighted by atomic mass is 10.2. The topological polar surface area (TPSA) is 74.8 Å². The fourth-order valence-corrected chi connectivity index (χ4v) is 6.25. The van der Waals surface area contributed by atoms with E-state index in [0.717, 1.165) is 35.9 Å². The van der Waals surface area contributed by atoms with E-state index in [2.05, 4.69) is 26.9 Å². The van der Waals surface area contributed by atoms with Gasteiger partial charge in [-0.2, -0.15) is 0 Å². The highest BCUT2D eigenvalue weighted by atomic mass is 79.9. The third-order valence-electron chi connectivity index (χ3n) is 4.48. The van der Waals surface area contributed by atoms with Crippen molar-refractivity contribution >= 4 is 52.6 Å². The molecule has 3 rings (SSSR count). The molecule has 2 aromatic rings. The molecular formula is C17H21BrN2O4S3. The Morgan fingerprint density at radius 1 is 0.963 bits per heavy atom. The standard InChI is InChI=1S/C17H21BrN2O4S3/c1-26(21,22)14-4-5-15(16(11-14)27(2,23)24)20-9-7-19(8-10-20)12-13-3-6-17(18)25-13/h3-6,11H,7-10,12H2,1-2H3. The second-order valence-electron chi connectivity index (χ2n) is 6.64. The third kappa shape index (κ3) is 5.11. The average molecular weight is 493 g/mol. The Balaban J connectivity index is 1.79. The van der Waals surface area contributed by atoms with E-state index >= 15 is 0 Å². The first-order valence-electron chi connectivity index (χ1n) is 8.30. The van der Waals surface area contributed by atoms with Crippen LogP contribution in [-0.2, 0) is 26.2 Å². The molecule has 6 nitrogen and oxygen atoms in total. The van der Waals surface area contributed by atoms with Gasteiger partial charge in [0.1, 0.15) is 0 Å². The first-order chi connectivity index (χ1) is 12.5. The van der Waals surface area contributed by atoms with Crippen molar-refractivity contribution in [2.45, 2.75) is 16.3 Å². The van der Waals surface area contributed by atoms with Crippen LogP contribution in [0.15, 0.2) is 43.9 Å². The molecule has 0 spiro atoms. The van der Waals surface area contributed by atoms with Crippen molar-refractivity contribution < 1.29 is 16.8 Å². The normalized spacial score (nSPS) is 16.6. The van der Waals surface area contributed by atoms with Crippen molar-refractivity contribution in [1.29, 1.82) is 0 Å². The number of sulfone groups is 2. The van der Waals surface area contributed by atoms with Crippen LogP contribution in [0, 0.1) is 0 Å². The lowest BCUT2D eigenvalue weighted by Gasteiger charge is -2.36. The van der Waals surface area contributed by atoms with Crippen LogP contribution < -0.4 is 4.90 Å².